The molecule has 1 rings (SSSR count). The molecule has 15 heavy (non-hydrogen) atoms. The van der Waals surface area contributed by atoms with Gasteiger partial charge in [0.1, 0.15) is 5.60 Å². The Kier molecular flexibility index (Phi) is 3.77. The first-order valence-electron chi connectivity index (χ1n) is 5.81. The van der Waals surface area contributed by atoms with Crippen LogP contribution >= 0.6 is 0 Å². The summed E-state index contributed by atoms with van der Waals surface area (Å²) in [6.07, 6.45) is 4.49. The Bertz CT molecular complexity index is 235. The van der Waals surface area contributed by atoms with Crippen LogP contribution < -0.4 is 0 Å². The summed E-state index contributed by atoms with van der Waals surface area (Å²) in [6.45, 7) is 8.29. The fourth-order valence-electron chi connectivity index (χ4n) is 1.60. The zero-order valence-electron chi connectivity index (χ0n) is 10.3. The fourth-order valence-corrected chi connectivity index (χ4v) is 1.60. The summed E-state index contributed by atoms with van der Waals surface area (Å²) in [4.78, 5) is 11.6. The number of carbonyl (C=O) groups excluding carboxylic acids is 1. The van der Waals surface area contributed by atoms with Gasteiger partial charge in [-0.25, -0.2) is 4.79 Å². The molecule has 1 aliphatic rings. The molecule has 0 radical (unpaired) electrons. The van der Waals surface area contributed by atoms with E-state index in [9.17, 15) is 4.79 Å². The monoisotopic (exact) mass is 214 g/mol. The molecule has 0 aliphatic carbocycles. The van der Waals surface area contributed by atoms with Gasteiger partial charge in [-0.3, -0.25) is 0 Å². The van der Waals surface area contributed by atoms with Crippen LogP contribution in [0.15, 0.2) is 0 Å². The van der Waals surface area contributed by atoms with Crippen LogP contribution in [-0.4, -0.2) is 23.8 Å². The van der Waals surface area contributed by atoms with Crippen molar-refractivity contribution >= 4 is 5.97 Å². The van der Waals surface area contributed by atoms with Crippen LogP contribution in [-0.2, 0) is 14.3 Å². The summed E-state index contributed by atoms with van der Waals surface area (Å²) in [6, 6.07) is 0. The van der Waals surface area contributed by atoms with E-state index < -0.39 is 5.60 Å². The zero-order valence-corrected chi connectivity index (χ0v) is 10.3. The first-order chi connectivity index (χ1) is 6.94. The standard InChI is InChI=1S/C12H22O3/c1-5-6-7-8-9-14-10(13)12(4)11(2,3)15-12/h5-9H2,1-4H3. The summed E-state index contributed by atoms with van der Waals surface area (Å²) in [7, 11) is 0. The Balaban J connectivity index is 2.15. The van der Waals surface area contributed by atoms with Gasteiger partial charge in [-0.05, 0) is 27.2 Å². The van der Waals surface area contributed by atoms with E-state index in [1.54, 1.807) is 6.92 Å². The number of unbranched alkanes of at least 4 members (excludes halogenated alkanes) is 3. The Morgan fingerprint density at radius 3 is 2.27 bits per heavy atom. The molecule has 3 nitrogen and oxygen atoms in total. The highest BCUT2D eigenvalue weighted by atomic mass is 16.7. The van der Waals surface area contributed by atoms with E-state index in [2.05, 4.69) is 6.92 Å². The molecule has 0 saturated carbocycles. The third-order valence-electron chi connectivity index (χ3n) is 3.19. The molecule has 1 saturated heterocycles. The minimum absolute atomic E-state index is 0.219. The molecule has 0 spiro atoms. The van der Waals surface area contributed by atoms with E-state index >= 15 is 0 Å². The largest absolute Gasteiger partial charge is 0.463 e. The molecule has 0 aromatic heterocycles. The van der Waals surface area contributed by atoms with Crippen LogP contribution in [0.1, 0.15) is 53.4 Å². The summed E-state index contributed by atoms with van der Waals surface area (Å²) in [5.74, 6) is -0.219. The number of hydrogen-bond donors (Lipinski definition) is 0. The number of hydrogen-bond acceptors (Lipinski definition) is 3. The molecule has 0 aromatic carbocycles. The average Bonchev–Trinajstić information content (AvgIpc) is 2.67. The second-order valence-electron chi connectivity index (χ2n) is 4.84. The van der Waals surface area contributed by atoms with Crippen molar-refractivity contribution in [3.8, 4) is 0 Å². The molecule has 0 N–H and O–H groups in total. The SMILES string of the molecule is CCCCCCOC(=O)C1(C)OC1(C)C. The van der Waals surface area contributed by atoms with Crippen LogP contribution in [0.3, 0.4) is 0 Å². The van der Waals surface area contributed by atoms with Gasteiger partial charge in [0, 0.05) is 0 Å². The lowest BCUT2D eigenvalue weighted by Gasteiger charge is -2.09. The van der Waals surface area contributed by atoms with Crippen LogP contribution in [0.2, 0.25) is 0 Å². The van der Waals surface area contributed by atoms with Gasteiger partial charge < -0.3 is 9.47 Å². The minimum atomic E-state index is -0.711. The Morgan fingerprint density at radius 1 is 1.20 bits per heavy atom. The summed E-state index contributed by atoms with van der Waals surface area (Å²) in [5, 5.41) is 0. The number of ether oxygens (including phenoxy) is 2. The van der Waals surface area contributed by atoms with Crippen molar-refractivity contribution < 1.29 is 14.3 Å². The third-order valence-corrected chi connectivity index (χ3v) is 3.19. The van der Waals surface area contributed by atoms with Gasteiger partial charge in [-0.1, -0.05) is 26.2 Å². The lowest BCUT2D eigenvalue weighted by atomic mass is 9.99. The normalized spacial score (nSPS) is 27.5. The second-order valence-corrected chi connectivity index (χ2v) is 4.84. The van der Waals surface area contributed by atoms with Gasteiger partial charge in [-0.2, -0.15) is 0 Å². The second kappa shape index (κ2) is 4.52. The van der Waals surface area contributed by atoms with E-state index in [4.69, 9.17) is 9.47 Å². The van der Waals surface area contributed by atoms with Crippen molar-refractivity contribution in [1.29, 1.82) is 0 Å². The quantitative estimate of drug-likeness (QED) is 0.387. The highest BCUT2D eigenvalue weighted by Crippen LogP contribution is 2.47. The lowest BCUT2D eigenvalue weighted by molar-refractivity contribution is -0.149. The molecule has 1 heterocycles. The van der Waals surface area contributed by atoms with Gasteiger partial charge >= 0.3 is 5.97 Å². The molecule has 0 aromatic rings. The fraction of sp³-hybridized carbons (Fsp3) is 0.917. The summed E-state index contributed by atoms with van der Waals surface area (Å²) >= 11 is 0. The Hall–Kier alpha value is -0.570. The van der Waals surface area contributed by atoms with Crippen LogP contribution in [0.5, 0.6) is 0 Å². The molecular formula is C12H22O3. The Morgan fingerprint density at radius 2 is 1.80 bits per heavy atom. The first-order valence-corrected chi connectivity index (χ1v) is 5.81. The predicted octanol–water partition coefficient (Wildman–Crippen LogP) is 2.68. The maximum absolute atomic E-state index is 11.6. The predicted molar refractivity (Wildman–Crippen MR) is 58.7 cm³/mol. The highest BCUT2D eigenvalue weighted by Gasteiger charge is 2.66. The number of esters is 1. The van der Waals surface area contributed by atoms with E-state index in [0.717, 1.165) is 12.8 Å². The van der Waals surface area contributed by atoms with Gasteiger partial charge in [-0.15, -0.1) is 0 Å². The molecule has 3 heteroatoms. The molecule has 1 aliphatic heterocycles. The number of carbonyl (C=O) groups is 1. The minimum Gasteiger partial charge on any atom is -0.463 e. The smallest absolute Gasteiger partial charge is 0.341 e. The van der Waals surface area contributed by atoms with Gasteiger partial charge in [0.2, 0.25) is 0 Å². The topological polar surface area (TPSA) is 38.8 Å². The van der Waals surface area contributed by atoms with Crippen LogP contribution in [0.25, 0.3) is 0 Å². The number of rotatable bonds is 6. The molecular weight excluding hydrogens is 192 g/mol. The van der Waals surface area contributed by atoms with Crippen molar-refractivity contribution in [2.75, 3.05) is 6.61 Å². The van der Waals surface area contributed by atoms with Crippen molar-refractivity contribution in [2.45, 2.75) is 64.6 Å². The van der Waals surface area contributed by atoms with Crippen LogP contribution in [0, 0.1) is 0 Å². The summed E-state index contributed by atoms with van der Waals surface area (Å²) in [5.41, 5.74) is -1.06. The van der Waals surface area contributed by atoms with Crippen molar-refractivity contribution in [2.24, 2.45) is 0 Å². The van der Waals surface area contributed by atoms with Crippen molar-refractivity contribution in [3.05, 3.63) is 0 Å². The zero-order chi connectivity index (χ0) is 11.5. The molecule has 1 atom stereocenters. The van der Waals surface area contributed by atoms with E-state index in [-0.39, 0.29) is 11.6 Å². The first kappa shape index (κ1) is 12.5. The Labute approximate surface area is 92.1 Å². The molecule has 0 amide bonds. The van der Waals surface area contributed by atoms with Gasteiger partial charge in [0.25, 0.3) is 0 Å². The van der Waals surface area contributed by atoms with Gasteiger partial charge in [0.15, 0.2) is 5.60 Å². The number of epoxide rings is 1. The molecule has 88 valence electrons. The van der Waals surface area contributed by atoms with E-state index in [0.29, 0.717) is 6.61 Å². The van der Waals surface area contributed by atoms with Gasteiger partial charge in [0.05, 0.1) is 6.61 Å². The van der Waals surface area contributed by atoms with E-state index in [1.165, 1.54) is 12.8 Å². The van der Waals surface area contributed by atoms with E-state index in [1.807, 2.05) is 13.8 Å². The third kappa shape index (κ3) is 2.71. The molecule has 0 bridgehead atoms. The maximum atomic E-state index is 11.6. The summed E-state index contributed by atoms with van der Waals surface area (Å²) < 4.78 is 10.5. The highest BCUT2D eigenvalue weighted by molar-refractivity contribution is 5.84. The van der Waals surface area contributed by atoms with Crippen molar-refractivity contribution in [3.63, 3.8) is 0 Å². The van der Waals surface area contributed by atoms with Crippen molar-refractivity contribution in [1.82, 2.24) is 0 Å². The lowest BCUT2D eigenvalue weighted by Crippen LogP contribution is -2.30. The molecule has 1 fully saturated rings. The van der Waals surface area contributed by atoms with Crippen LogP contribution in [0.4, 0.5) is 0 Å². The molecule has 1 unspecified atom stereocenters. The maximum Gasteiger partial charge on any atom is 0.341 e. The average molecular weight is 214 g/mol.